The molecule has 0 saturated carbocycles. The molecule has 0 heterocycles. The van der Waals surface area contributed by atoms with Crippen molar-refractivity contribution in [3.05, 3.63) is 0 Å². The number of esters is 2. The van der Waals surface area contributed by atoms with Gasteiger partial charge in [0.1, 0.15) is 0 Å². The van der Waals surface area contributed by atoms with Crippen LogP contribution in [0.3, 0.4) is 0 Å². The van der Waals surface area contributed by atoms with Crippen LogP contribution in [0.5, 0.6) is 0 Å². The van der Waals surface area contributed by atoms with Crippen molar-refractivity contribution < 1.29 is 19.1 Å². The zero-order valence-corrected chi connectivity index (χ0v) is 8.55. The van der Waals surface area contributed by atoms with Gasteiger partial charge < -0.3 is 9.47 Å². The van der Waals surface area contributed by atoms with E-state index in [1.165, 1.54) is 0 Å². The molecule has 0 rings (SSSR count). The molecular formula is C9H16O4. The standard InChI is InChI=1S/C9H16O4/c1-5-12-7(10)8(11)13-6-9(2,3)4/h5-6H2,1-4H3. The fraction of sp³-hybridized carbons (Fsp3) is 0.778. The van der Waals surface area contributed by atoms with Crippen molar-refractivity contribution in [1.82, 2.24) is 0 Å². The molecule has 0 aliphatic carbocycles. The van der Waals surface area contributed by atoms with Crippen molar-refractivity contribution in [2.24, 2.45) is 5.41 Å². The summed E-state index contributed by atoms with van der Waals surface area (Å²) in [6.45, 7) is 7.76. The number of hydrogen-bond donors (Lipinski definition) is 0. The van der Waals surface area contributed by atoms with Crippen LogP contribution in [0.2, 0.25) is 0 Å². The van der Waals surface area contributed by atoms with Gasteiger partial charge in [-0.3, -0.25) is 0 Å². The molecule has 0 radical (unpaired) electrons. The lowest BCUT2D eigenvalue weighted by Crippen LogP contribution is -2.25. The Balaban J connectivity index is 3.82. The first-order valence-electron chi connectivity index (χ1n) is 4.20. The van der Waals surface area contributed by atoms with Gasteiger partial charge in [0.25, 0.3) is 0 Å². The van der Waals surface area contributed by atoms with E-state index in [0.29, 0.717) is 0 Å². The van der Waals surface area contributed by atoms with Crippen molar-refractivity contribution >= 4 is 11.9 Å². The average Bonchev–Trinajstić information content (AvgIpc) is 1.99. The van der Waals surface area contributed by atoms with Crippen LogP contribution in [0.4, 0.5) is 0 Å². The number of hydrogen-bond acceptors (Lipinski definition) is 4. The Morgan fingerprint density at radius 2 is 1.54 bits per heavy atom. The zero-order chi connectivity index (χ0) is 10.5. The van der Waals surface area contributed by atoms with Gasteiger partial charge in [0.15, 0.2) is 0 Å². The van der Waals surface area contributed by atoms with Crippen LogP contribution >= 0.6 is 0 Å². The van der Waals surface area contributed by atoms with E-state index < -0.39 is 11.9 Å². The van der Waals surface area contributed by atoms with E-state index in [1.54, 1.807) is 6.92 Å². The Labute approximate surface area is 78.2 Å². The highest BCUT2D eigenvalue weighted by molar-refractivity contribution is 6.29. The lowest BCUT2D eigenvalue weighted by Gasteiger charge is -2.16. The van der Waals surface area contributed by atoms with Gasteiger partial charge in [0, 0.05) is 0 Å². The van der Waals surface area contributed by atoms with Gasteiger partial charge in [-0.05, 0) is 12.3 Å². The monoisotopic (exact) mass is 188 g/mol. The lowest BCUT2D eigenvalue weighted by atomic mass is 9.99. The van der Waals surface area contributed by atoms with Crippen LogP contribution < -0.4 is 0 Å². The summed E-state index contributed by atoms with van der Waals surface area (Å²) in [4.78, 5) is 21.6. The molecule has 0 N–H and O–H groups in total. The molecule has 4 nitrogen and oxygen atoms in total. The summed E-state index contributed by atoms with van der Waals surface area (Å²) in [5.41, 5.74) is -0.137. The Morgan fingerprint density at radius 1 is 1.08 bits per heavy atom. The number of rotatable bonds is 2. The number of carbonyl (C=O) groups excluding carboxylic acids is 2. The highest BCUT2D eigenvalue weighted by Crippen LogP contribution is 2.12. The van der Waals surface area contributed by atoms with Crippen LogP contribution in [0, 0.1) is 5.41 Å². The highest BCUT2D eigenvalue weighted by Gasteiger charge is 2.20. The van der Waals surface area contributed by atoms with E-state index in [0.717, 1.165) is 0 Å². The van der Waals surface area contributed by atoms with E-state index in [9.17, 15) is 9.59 Å². The summed E-state index contributed by atoms with van der Waals surface area (Å²) in [5.74, 6) is -1.84. The van der Waals surface area contributed by atoms with Gasteiger partial charge in [0.2, 0.25) is 0 Å². The minimum Gasteiger partial charge on any atom is -0.458 e. The normalized spacial score (nSPS) is 10.8. The largest absolute Gasteiger partial charge is 0.458 e. The molecule has 0 fully saturated rings. The first-order chi connectivity index (χ1) is 5.87. The number of carbonyl (C=O) groups is 2. The molecule has 0 aromatic rings. The second kappa shape index (κ2) is 4.84. The minimum atomic E-state index is -0.924. The Bertz CT molecular complexity index is 190. The topological polar surface area (TPSA) is 52.6 Å². The molecule has 0 amide bonds. The number of ether oxygens (including phenoxy) is 2. The summed E-state index contributed by atoms with van der Waals surface area (Å²) < 4.78 is 9.16. The van der Waals surface area contributed by atoms with Crippen LogP contribution in [0.1, 0.15) is 27.7 Å². The van der Waals surface area contributed by atoms with E-state index in [1.807, 2.05) is 20.8 Å². The summed E-state index contributed by atoms with van der Waals surface area (Å²) in [6, 6.07) is 0. The first-order valence-corrected chi connectivity index (χ1v) is 4.20. The fourth-order valence-corrected chi connectivity index (χ4v) is 0.531. The second-order valence-corrected chi connectivity index (χ2v) is 3.86. The van der Waals surface area contributed by atoms with Crippen molar-refractivity contribution in [3.8, 4) is 0 Å². The summed E-state index contributed by atoms with van der Waals surface area (Å²) >= 11 is 0. The molecule has 13 heavy (non-hydrogen) atoms. The van der Waals surface area contributed by atoms with E-state index in [2.05, 4.69) is 4.74 Å². The maximum Gasteiger partial charge on any atom is 0.417 e. The van der Waals surface area contributed by atoms with Gasteiger partial charge in [-0.25, -0.2) is 9.59 Å². The Kier molecular flexibility index (Phi) is 4.45. The predicted octanol–water partition coefficient (Wildman–Crippen LogP) is 1.14. The lowest BCUT2D eigenvalue weighted by molar-refractivity contribution is -0.168. The van der Waals surface area contributed by atoms with Crippen LogP contribution in [-0.4, -0.2) is 25.2 Å². The molecule has 4 heteroatoms. The Hall–Kier alpha value is -1.06. The SMILES string of the molecule is CCOC(=O)C(=O)OCC(C)(C)C. The molecule has 76 valence electrons. The zero-order valence-electron chi connectivity index (χ0n) is 8.55. The molecule has 0 aliphatic rings. The summed E-state index contributed by atoms with van der Waals surface area (Å²) in [5, 5.41) is 0. The second-order valence-electron chi connectivity index (χ2n) is 3.86. The maximum absolute atomic E-state index is 10.9. The van der Waals surface area contributed by atoms with Gasteiger partial charge in [-0.15, -0.1) is 0 Å². The van der Waals surface area contributed by atoms with Gasteiger partial charge in [-0.1, -0.05) is 20.8 Å². The first kappa shape index (κ1) is 11.9. The van der Waals surface area contributed by atoms with Crippen molar-refractivity contribution in [3.63, 3.8) is 0 Å². The summed E-state index contributed by atoms with van der Waals surface area (Å²) in [6.07, 6.45) is 0. The van der Waals surface area contributed by atoms with E-state index >= 15 is 0 Å². The van der Waals surface area contributed by atoms with Crippen molar-refractivity contribution in [2.75, 3.05) is 13.2 Å². The molecule has 0 bridgehead atoms. The van der Waals surface area contributed by atoms with Crippen molar-refractivity contribution in [1.29, 1.82) is 0 Å². The minimum absolute atomic E-state index is 0.137. The molecule has 0 atom stereocenters. The molecule has 0 aromatic heterocycles. The van der Waals surface area contributed by atoms with Crippen LogP contribution in [0.15, 0.2) is 0 Å². The molecule has 0 unspecified atom stereocenters. The quantitative estimate of drug-likeness (QED) is 0.481. The summed E-state index contributed by atoms with van der Waals surface area (Å²) in [7, 11) is 0. The molecule has 0 aliphatic heterocycles. The van der Waals surface area contributed by atoms with Crippen LogP contribution in [-0.2, 0) is 19.1 Å². The third-order valence-corrected chi connectivity index (χ3v) is 1.08. The van der Waals surface area contributed by atoms with E-state index in [-0.39, 0.29) is 18.6 Å². The fourth-order valence-electron chi connectivity index (χ4n) is 0.531. The molecular weight excluding hydrogens is 172 g/mol. The third-order valence-electron chi connectivity index (χ3n) is 1.08. The molecule has 0 spiro atoms. The highest BCUT2D eigenvalue weighted by atomic mass is 16.6. The predicted molar refractivity (Wildman–Crippen MR) is 47.0 cm³/mol. The average molecular weight is 188 g/mol. The van der Waals surface area contributed by atoms with Gasteiger partial charge in [-0.2, -0.15) is 0 Å². The Morgan fingerprint density at radius 3 is 1.92 bits per heavy atom. The van der Waals surface area contributed by atoms with Crippen LogP contribution in [0.25, 0.3) is 0 Å². The third kappa shape index (κ3) is 6.13. The van der Waals surface area contributed by atoms with E-state index in [4.69, 9.17) is 4.74 Å². The van der Waals surface area contributed by atoms with Crippen molar-refractivity contribution in [2.45, 2.75) is 27.7 Å². The smallest absolute Gasteiger partial charge is 0.417 e. The van der Waals surface area contributed by atoms with Gasteiger partial charge >= 0.3 is 11.9 Å². The maximum atomic E-state index is 10.9. The van der Waals surface area contributed by atoms with Gasteiger partial charge in [0.05, 0.1) is 13.2 Å². The molecule has 0 saturated heterocycles. The molecule has 0 aromatic carbocycles.